The number of amides is 1. The summed E-state index contributed by atoms with van der Waals surface area (Å²) in [6.45, 7) is 4.95. The van der Waals surface area contributed by atoms with Crippen LogP contribution in [0, 0.1) is 0 Å². The highest BCUT2D eigenvalue weighted by atomic mass is 16.5. The Morgan fingerprint density at radius 1 is 1.35 bits per heavy atom. The van der Waals surface area contributed by atoms with Crippen molar-refractivity contribution in [1.82, 2.24) is 14.9 Å². The number of nitrogens with one attached hydrogen (secondary N) is 1. The molecule has 0 aliphatic heterocycles. The van der Waals surface area contributed by atoms with Crippen LogP contribution in [-0.2, 0) is 17.9 Å². The van der Waals surface area contributed by atoms with Gasteiger partial charge < -0.3 is 19.0 Å². The molecule has 1 N–H and O–H groups in total. The molecule has 0 saturated carbocycles. The van der Waals surface area contributed by atoms with E-state index in [4.69, 9.17) is 9.15 Å². The smallest absolute Gasteiger partial charge is 0.336 e. The molecule has 3 aromatic rings. The molecule has 3 rings (SSSR count). The molecule has 7 heteroatoms. The molecule has 0 saturated heterocycles. The first-order valence-electron chi connectivity index (χ1n) is 8.55. The zero-order chi connectivity index (χ0) is 18.5. The minimum Gasteiger partial charge on any atom is -0.481 e. The van der Waals surface area contributed by atoms with Crippen LogP contribution in [0.1, 0.15) is 26.1 Å². The van der Waals surface area contributed by atoms with Gasteiger partial charge in [-0.2, -0.15) is 0 Å². The van der Waals surface area contributed by atoms with Crippen LogP contribution in [0.25, 0.3) is 11.0 Å². The van der Waals surface area contributed by atoms with Gasteiger partial charge >= 0.3 is 5.63 Å². The van der Waals surface area contributed by atoms with Crippen molar-refractivity contribution < 1.29 is 13.9 Å². The number of imidazole rings is 1. The molecule has 1 unspecified atom stereocenters. The predicted molar refractivity (Wildman–Crippen MR) is 96.9 cm³/mol. The van der Waals surface area contributed by atoms with E-state index in [9.17, 15) is 9.59 Å². The van der Waals surface area contributed by atoms with Gasteiger partial charge in [0.05, 0.1) is 6.54 Å². The molecule has 1 aromatic carbocycles. The monoisotopic (exact) mass is 355 g/mol. The van der Waals surface area contributed by atoms with Crippen molar-refractivity contribution in [1.29, 1.82) is 0 Å². The standard InChI is InChI=1S/C19H21N3O4/c1-3-9-22-10-8-20-17(22)12-21-19(24)13(2)25-15-6-4-14-5-7-18(23)26-16(14)11-15/h4-8,10-11,13H,3,9,12H2,1-2H3,(H,21,24). The van der Waals surface area contributed by atoms with Gasteiger partial charge in [-0.25, -0.2) is 9.78 Å². The van der Waals surface area contributed by atoms with E-state index >= 15 is 0 Å². The lowest BCUT2D eigenvalue weighted by Gasteiger charge is -2.15. The average molecular weight is 355 g/mol. The number of ether oxygens (including phenoxy) is 1. The number of rotatable bonds is 7. The fraction of sp³-hybridized carbons (Fsp3) is 0.316. The molecule has 26 heavy (non-hydrogen) atoms. The van der Waals surface area contributed by atoms with Crippen LogP contribution in [0.5, 0.6) is 5.75 Å². The Hall–Kier alpha value is -3.09. The van der Waals surface area contributed by atoms with Crippen molar-refractivity contribution >= 4 is 16.9 Å². The minimum absolute atomic E-state index is 0.245. The fourth-order valence-corrected chi connectivity index (χ4v) is 2.63. The normalized spacial score (nSPS) is 12.1. The van der Waals surface area contributed by atoms with Gasteiger partial charge in [-0.1, -0.05) is 6.92 Å². The van der Waals surface area contributed by atoms with Crippen LogP contribution in [0.2, 0.25) is 0 Å². The number of carbonyl (C=O) groups excluding carboxylic acids is 1. The minimum atomic E-state index is -0.697. The number of hydrogen-bond donors (Lipinski definition) is 1. The van der Waals surface area contributed by atoms with E-state index < -0.39 is 11.7 Å². The Labute approximate surface area is 150 Å². The lowest BCUT2D eigenvalue weighted by atomic mass is 10.2. The first kappa shape index (κ1) is 17.7. The van der Waals surface area contributed by atoms with Crippen LogP contribution in [0.15, 0.2) is 51.9 Å². The van der Waals surface area contributed by atoms with E-state index in [1.807, 2.05) is 10.8 Å². The first-order valence-corrected chi connectivity index (χ1v) is 8.55. The van der Waals surface area contributed by atoms with Crippen molar-refractivity contribution in [3.05, 3.63) is 59.0 Å². The van der Waals surface area contributed by atoms with Gasteiger partial charge in [0.2, 0.25) is 0 Å². The zero-order valence-electron chi connectivity index (χ0n) is 14.8. The second kappa shape index (κ2) is 7.86. The van der Waals surface area contributed by atoms with E-state index in [1.165, 1.54) is 6.07 Å². The van der Waals surface area contributed by atoms with Crippen LogP contribution in [0.3, 0.4) is 0 Å². The second-order valence-corrected chi connectivity index (χ2v) is 5.97. The fourth-order valence-electron chi connectivity index (χ4n) is 2.63. The summed E-state index contributed by atoms with van der Waals surface area (Å²) in [6.07, 6.45) is 3.92. The summed E-state index contributed by atoms with van der Waals surface area (Å²) < 4.78 is 12.8. The third-order valence-corrected chi connectivity index (χ3v) is 3.96. The number of nitrogens with zero attached hydrogens (tertiary/aromatic N) is 2. The van der Waals surface area contributed by atoms with Crippen molar-refractivity contribution in [3.63, 3.8) is 0 Å². The maximum atomic E-state index is 12.3. The van der Waals surface area contributed by atoms with Crippen molar-refractivity contribution in [2.75, 3.05) is 0 Å². The molecular formula is C19H21N3O4. The van der Waals surface area contributed by atoms with Crippen LogP contribution in [0.4, 0.5) is 0 Å². The number of benzene rings is 1. The molecule has 0 radical (unpaired) electrons. The van der Waals surface area contributed by atoms with Gasteiger partial charge in [0.15, 0.2) is 6.10 Å². The van der Waals surface area contributed by atoms with Crippen molar-refractivity contribution in [2.45, 2.75) is 39.5 Å². The molecule has 2 aromatic heterocycles. The average Bonchev–Trinajstić information content (AvgIpc) is 3.06. The van der Waals surface area contributed by atoms with E-state index in [0.717, 1.165) is 24.2 Å². The third-order valence-electron chi connectivity index (χ3n) is 3.96. The number of fused-ring (bicyclic) bond motifs is 1. The van der Waals surface area contributed by atoms with Gasteiger partial charge in [0, 0.05) is 36.5 Å². The Balaban J connectivity index is 1.62. The number of carbonyl (C=O) groups is 1. The molecular weight excluding hydrogens is 334 g/mol. The van der Waals surface area contributed by atoms with E-state index in [1.54, 1.807) is 37.4 Å². The summed E-state index contributed by atoms with van der Waals surface area (Å²) >= 11 is 0. The third kappa shape index (κ3) is 4.11. The van der Waals surface area contributed by atoms with Crippen molar-refractivity contribution in [3.8, 4) is 5.75 Å². The summed E-state index contributed by atoms with van der Waals surface area (Å²) in [6, 6.07) is 8.16. The highest BCUT2D eigenvalue weighted by Crippen LogP contribution is 2.20. The van der Waals surface area contributed by atoms with Crippen LogP contribution in [-0.4, -0.2) is 21.6 Å². The van der Waals surface area contributed by atoms with Gasteiger partial charge in [-0.15, -0.1) is 0 Å². The van der Waals surface area contributed by atoms with Gasteiger partial charge in [-0.3, -0.25) is 4.79 Å². The first-order chi connectivity index (χ1) is 12.6. The Morgan fingerprint density at radius 2 is 2.15 bits per heavy atom. The van der Waals surface area contributed by atoms with E-state index in [-0.39, 0.29) is 5.91 Å². The number of aromatic nitrogens is 2. The molecule has 1 atom stereocenters. The molecule has 0 aliphatic rings. The molecule has 1 amide bonds. The Morgan fingerprint density at radius 3 is 2.96 bits per heavy atom. The van der Waals surface area contributed by atoms with Gasteiger partial charge in [0.1, 0.15) is 17.2 Å². The summed E-state index contributed by atoms with van der Waals surface area (Å²) in [5.74, 6) is 1.02. The summed E-state index contributed by atoms with van der Waals surface area (Å²) in [5, 5.41) is 3.62. The Kier molecular flexibility index (Phi) is 5.36. The largest absolute Gasteiger partial charge is 0.481 e. The quantitative estimate of drug-likeness (QED) is 0.658. The molecule has 0 bridgehead atoms. The summed E-state index contributed by atoms with van der Waals surface area (Å²) in [5.41, 5.74) is -0.00720. The zero-order valence-corrected chi connectivity index (χ0v) is 14.8. The summed E-state index contributed by atoms with van der Waals surface area (Å²) in [7, 11) is 0. The number of hydrogen-bond acceptors (Lipinski definition) is 5. The lowest BCUT2D eigenvalue weighted by Crippen LogP contribution is -2.36. The maximum absolute atomic E-state index is 12.3. The maximum Gasteiger partial charge on any atom is 0.336 e. The molecule has 0 fully saturated rings. The van der Waals surface area contributed by atoms with Gasteiger partial charge in [-0.05, 0) is 31.5 Å². The Bertz CT molecular complexity index is 961. The molecule has 2 heterocycles. The van der Waals surface area contributed by atoms with E-state index in [2.05, 4.69) is 17.2 Å². The van der Waals surface area contributed by atoms with Crippen LogP contribution < -0.4 is 15.7 Å². The highest BCUT2D eigenvalue weighted by molar-refractivity contribution is 5.81. The molecule has 7 nitrogen and oxygen atoms in total. The lowest BCUT2D eigenvalue weighted by molar-refractivity contribution is -0.127. The number of aryl methyl sites for hydroxylation is 1. The topological polar surface area (TPSA) is 86.4 Å². The van der Waals surface area contributed by atoms with Crippen molar-refractivity contribution in [2.24, 2.45) is 0 Å². The predicted octanol–water partition coefficient (Wildman–Crippen LogP) is 2.48. The molecule has 0 aliphatic carbocycles. The molecule has 136 valence electrons. The highest BCUT2D eigenvalue weighted by Gasteiger charge is 2.16. The SMILES string of the molecule is CCCn1ccnc1CNC(=O)C(C)Oc1ccc2ccc(=O)oc2c1. The molecule has 0 spiro atoms. The summed E-state index contributed by atoms with van der Waals surface area (Å²) in [4.78, 5) is 27.9. The van der Waals surface area contributed by atoms with E-state index in [0.29, 0.717) is 17.9 Å². The van der Waals surface area contributed by atoms with Gasteiger partial charge in [0.25, 0.3) is 5.91 Å². The van der Waals surface area contributed by atoms with Crippen LogP contribution >= 0.6 is 0 Å². The second-order valence-electron chi connectivity index (χ2n) is 5.97.